The van der Waals surface area contributed by atoms with Crippen molar-refractivity contribution in [3.63, 3.8) is 0 Å². The summed E-state index contributed by atoms with van der Waals surface area (Å²) >= 11 is 0. The lowest BCUT2D eigenvalue weighted by Gasteiger charge is -2.17. The van der Waals surface area contributed by atoms with Crippen LogP contribution in [0.4, 0.5) is 0 Å². The van der Waals surface area contributed by atoms with Gasteiger partial charge in [-0.3, -0.25) is 9.69 Å². The van der Waals surface area contributed by atoms with Gasteiger partial charge >= 0.3 is 0 Å². The first-order valence-electron chi connectivity index (χ1n) is 7.20. The van der Waals surface area contributed by atoms with Crippen LogP contribution in [0.3, 0.4) is 0 Å². The van der Waals surface area contributed by atoms with Gasteiger partial charge < -0.3 is 9.73 Å². The Morgan fingerprint density at radius 3 is 2.67 bits per heavy atom. The second-order valence-corrected chi connectivity index (χ2v) is 5.27. The molecule has 0 radical (unpaired) electrons. The number of benzene rings is 1. The molecule has 1 aromatic carbocycles. The van der Waals surface area contributed by atoms with Gasteiger partial charge in [0.1, 0.15) is 5.76 Å². The Hall–Kier alpha value is -2.07. The number of carbonyl (C=O) groups excluding carboxylic acids is 1. The maximum absolute atomic E-state index is 12.0. The van der Waals surface area contributed by atoms with E-state index in [2.05, 4.69) is 10.2 Å². The average Bonchev–Trinajstić information content (AvgIpc) is 2.99. The first-order chi connectivity index (χ1) is 10.1. The highest BCUT2D eigenvalue weighted by Crippen LogP contribution is 2.11. The molecular weight excluding hydrogens is 264 g/mol. The third kappa shape index (κ3) is 5.08. The first-order valence-corrected chi connectivity index (χ1v) is 7.20. The van der Waals surface area contributed by atoms with Gasteiger partial charge in [-0.1, -0.05) is 30.3 Å². The summed E-state index contributed by atoms with van der Waals surface area (Å²) in [5.74, 6) is 0.980. The zero-order valence-corrected chi connectivity index (χ0v) is 12.6. The molecule has 2 aromatic rings. The Labute approximate surface area is 125 Å². The summed E-state index contributed by atoms with van der Waals surface area (Å²) in [6, 6.07) is 13.8. The molecule has 4 heteroatoms. The van der Waals surface area contributed by atoms with E-state index in [1.54, 1.807) is 6.26 Å². The predicted octanol–water partition coefficient (Wildman–Crippen LogP) is 2.98. The molecule has 0 saturated carbocycles. The molecule has 0 aliphatic carbocycles. The van der Waals surface area contributed by atoms with Gasteiger partial charge in [-0.15, -0.1) is 0 Å². The molecule has 1 atom stereocenters. The maximum Gasteiger partial charge on any atom is 0.221 e. The minimum Gasteiger partial charge on any atom is -0.468 e. The molecule has 0 spiro atoms. The number of rotatable bonds is 7. The molecule has 21 heavy (non-hydrogen) atoms. The van der Waals surface area contributed by atoms with Crippen LogP contribution in [0.5, 0.6) is 0 Å². The van der Waals surface area contributed by atoms with Crippen LogP contribution in [-0.4, -0.2) is 24.4 Å². The van der Waals surface area contributed by atoms with E-state index in [1.165, 1.54) is 0 Å². The van der Waals surface area contributed by atoms with Crippen LogP contribution in [0, 0.1) is 0 Å². The molecule has 0 saturated heterocycles. The lowest BCUT2D eigenvalue weighted by atomic mass is 10.1. The summed E-state index contributed by atoms with van der Waals surface area (Å²) in [4.78, 5) is 14.0. The Balaban J connectivity index is 1.72. The van der Waals surface area contributed by atoms with Gasteiger partial charge in [0.25, 0.3) is 0 Å². The molecule has 112 valence electrons. The van der Waals surface area contributed by atoms with Crippen LogP contribution >= 0.6 is 0 Å². The fourth-order valence-corrected chi connectivity index (χ4v) is 2.18. The lowest BCUT2D eigenvalue weighted by Crippen LogP contribution is -2.30. The molecule has 0 unspecified atom stereocenters. The molecule has 1 aromatic heterocycles. The van der Waals surface area contributed by atoms with Crippen LogP contribution in [0.1, 0.15) is 30.7 Å². The average molecular weight is 286 g/mol. The van der Waals surface area contributed by atoms with Crippen molar-refractivity contribution in [1.29, 1.82) is 0 Å². The summed E-state index contributed by atoms with van der Waals surface area (Å²) in [6.45, 7) is 3.42. The third-order valence-electron chi connectivity index (χ3n) is 3.40. The standard InChI is InChI=1S/C17H22N2O2/c1-14(15-7-4-3-5-8-15)18-17(20)10-11-19(2)13-16-9-6-12-21-16/h3-9,12,14H,10-11,13H2,1-2H3,(H,18,20)/t14-/m0/s1. The van der Waals surface area contributed by atoms with Gasteiger partial charge in [0.2, 0.25) is 5.91 Å². The van der Waals surface area contributed by atoms with Gasteiger partial charge in [0, 0.05) is 13.0 Å². The van der Waals surface area contributed by atoms with Crippen molar-refractivity contribution >= 4 is 5.91 Å². The third-order valence-corrected chi connectivity index (χ3v) is 3.40. The maximum atomic E-state index is 12.0. The number of hydrogen-bond acceptors (Lipinski definition) is 3. The van der Waals surface area contributed by atoms with Gasteiger partial charge in [-0.2, -0.15) is 0 Å². The summed E-state index contributed by atoms with van der Waals surface area (Å²) < 4.78 is 5.29. The molecule has 2 rings (SSSR count). The van der Waals surface area contributed by atoms with E-state index in [1.807, 2.05) is 56.4 Å². The van der Waals surface area contributed by atoms with E-state index >= 15 is 0 Å². The highest BCUT2D eigenvalue weighted by atomic mass is 16.3. The van der Waals surface area contributed by atoms with Crippen molar-refractivity contribution in [2.75, 3.05) is 13.6 Å². The van der Waals surface area contributed by atoms with E-state index in [9.17, 15) is 4.79 Å². The second-order valence-electron chi connectivity index (χ2n) is 5.27. The molecule has 0 bridgehead atoms. The highest BCUT2D eigenvalue weighted by Gasteiger charge is 2.10. The topological polar surface area (TPSA) is 45.5 Å². The smallest absolute Gasteiger partial charge is 0.221 e. The van der Waals surface area contributed by atoms with Crippen LogP contribution in [-0.2, 0) is 11.3 Å². The van der Waals surface area contributed by atoms with Crippen LogP contribution in [0.25, 0.3) is 0 Å². The van der Waals surface area contributed by atoms with E-state index in [0.29, 0.717) is 19.5 Å². The monoisotopic (exact) mass is 286 g/mol. The molecule has 1 heterocycles. The van der Waals surface area contributed by atoms with E-state index in [0.717, 1.165) is 11.3 Å². The van der Waals surface area contributed by atoms with Gasteiger partial charge in [0.15, 0.2) is 0 Å². The highest BCUT2D eigenvalue weighted by molar-refractivity contribution is 5.76. The molecule has 0 aliphatic rings. The minimum atomic E-state index is 0.0362. The Bertz CT molecular complexity index is 537. The van der Waals surface area contributed by atoms with Gasteiger partial charge in [0.05, 0.1) is 18.8 Å². The van der Waals surface area contributed by atoms with Gasteiger partial charge in [-0.25, -0.2) is 0 Å². The molecule has 4 nitrogen and oxygen atoms in total. The van der Waals surface area contributed by atoms with Crippen molar-refractivity contribution < 1.29 is 9.21 Å². The number of carbonyl (C=O) groups is 1. The number of amides is 1. The molecule has 0 fully saturated rings. The SMILES string of the molecule is C[C@H](NC(=O)CCN(C)Cc1ccco1)c1ccccc1. The van der Waals surface area contributed by atoms with Crippen LogP contribution in [0.15, 0.2) is 53.1 Å². The van der Waals surface area contributed by atoms with Crippen molar-refractivity contribution in [1.82, 2.24) is 10.2 Å². The second kappa shape index (κ2) is 7.64. The molecule has 0 aliphatic heterocycles. The van der Waals surface area contributed by atoms with Crippen molar-refractivity contribution in [3.05, 3.63) is 60.1 Å². The van der Waals surface area contributed by atoms with Crippen LogP contribution < -0.4 is 5.32 Å². The summed E-state index contributed by atoms with van der Waals surface area (Å²) in [6.07, 6.45) is 2.14. The summed E-state index contributed by atoms with van der Waals surface area (Å²) in [5, 5.41) is 3.02. The van der Waals surface area contributed by atoms with E-state index in [4.69, 9.17) is 4.42 Å². The zero-order chi connectivity index (χ0) is 15.1. The zero-order valence-electron chi connectivity index (χ0n) is 12.6. The Morgan fingerprint density at radius 2 is 2.00 bits per heavy atom. The van der Waals surface area contributed by atoms with E-state index in [-0.39, 0.29) is 11.9 Å². The number of furan rings is 1. The number of hydrogen-bond donors (Lipinski definition) is 1. The Morgan fingerprint density at radius 1 is 1.24 bits per heavy atom. The number of nitrogens with one attached hydrogen (secondary N) is 1. The lowest BCUT2D eigenvalue weighted by molar-refractivity contribution is -0.122. The van der Waals surface area contributed by atoms with Crippen molar-refractivity contribution in [3.8, 4) is 0 Å². The normalized spacial score (nSPS) is 12.3. The minimum absolute atomic E-state index is 0.0362. The molecule has 1 amide bonds. The van der Waals surface area contributed by atoms with E-state index < -0.39 is 0 Å². The largest absolute Gasteiger partial charge is 0.468 e. The van der Waals surface area contributed by atoms with Crippen LogP contribution in [0.2, 0.25) is 0 Å². The summed E-state index contributed by atoms with van der Waals surface area (Å²) in [7, 11) is 1.98. The molecular formula is C17H22N2O2. The van der Waals surface area contributed by atoms with Crippen molar-refractivity contribution in [2.24, 2.45) is 0 Å². The quantitative estimate of drug-likeness (QED) is 0.851. The summed E-state index contributed by atoms with van der Waals surface area (Å²) in [5.41, 5.74) is 1.12. The molecule has 1 N–H and O–H groups in total. The predicted molar refractivity (Wildman–Crippen MR) is 82.7 cm³/mol. The number of nitrogens with zero attached hydrogens (tertiary/aromatic N) is 1. The fraction of sp³-hybridized carbons (Fsp3) is 0.353. The van der Waals surface area contributed by atoms with Gasteiger partial charge in [-0.05, 0) is 31.7 Å². The Kier molecular flexibility index (Phi) is 5.58. The first kappa shape index (κ1) is 15.3. The van der Waals surface area contributed by atoms with Crippen molar-refractivity contribution in [2.45, 2.75) is 25.9 Å². The fourth-order valence-electron chi connectivity index (χ4n) is 2.18.